The van der Waals surface area contributed by atoms with Gasteiger partial charge in [0.05, 0.1) is 24.1 Å². The molecule has 6 heteroatoms. The van der Waals surface area contributed by atoms with Gasteiger partial charge in [0.2, 0.25) is 0 Å². The summed E-state index contributed by atoms with van der Waals surface area (Å²) in [6.07, 6.45) is 6.87. The van der Waals surface area contributed by atoms with E-state index in [4.69, 9.17) is 10.8 Å². The zero-order valence-corrected chi connectivity index (χ0v) is 16.0. The van der Waals surface area contributed by atoms with Gasteiger partial charge in [-0.2, -0.15) is 0 Å². The fourth-order valence-electron chi connectivity index (χ4n) is 3.41. The van der Waals surface area contributed by atoms with Gasteiger partial charge in [0, 0.05) is 24.5 Å². The Morgan fingerprint density at radius 1 is 1.21 bits per heavy atom. The number of Topliss-reactive ketones (excluding diaryl/α,β-unsaturated/α-hetero) is 2. The number of aromatic nitrogens is 1. The van der Waals surface area contributed by atoms with E-state index in [0.29, 0.717) is 22.5 Å². The van der Waals surface area contributed by atoms with E-state index in [-0.39, 0.29) is 24.3 Å². The van der Waals surface area contributed by atoms with Crippen LogP contribution in [0.1, 0.15) is 37.7 Å². The molecule has 0 atom stereocenters. The molecule has 0 aliphatic rings. The Kier molecular flexibility index (Phi) is 5.18. The van der Waals surface area contributed by atoms with Crippen LogP contribution in [-0.4, -0.2) is 28.6 Å². The van der Waals surface area contributed by atoms with E-state index in [0.717, 1.165) is 10.9 Å². The summed E-state index contributed by atoms with van der Waals surface area (Å²) in [6, 6.07) is 7.46. The standard InChI is InChI=1S/C22H20N2O4/c1-5-9-23-22(27)21(26)19-13(2)20(24(4)14(19)3)17(25)11-15-6-7-16-8-10-28-18(16)12-15/h1,6-8,10,12H,9,11H2,2-4H3,(H,23,27). The van der Waals surface area contributed by atoms with Gasteiger partial charge in [-0.25, -0.2) is 0 Å². The predicted octanol–water partition coefficient (Wildman–Crippen LogP) is 2.75. The summed E-state index contributed by atoms with van der Waals surface area (Å²) in [5, 5.41) is 3.33. The molecule has 0 fully saturated rings. The van der Waals surface area contributed by atoms with Crippen LogP contribution in [0.5, 0.6) is 0 Å². The SMILES string of the molecule is C#CCNC(=O)C(=O)c1c(C)c(C(=O)Cc2ccc3ccoc3c2)n(C)c1C. The molecule has 0 bridgehead atoms. The van der Waals surface area contributed by atoms with Crippen LogP contribution in [0.15, 0.2) is 34.9 Å². The number of rotatable bonds is 6. The first kappa shape index (κ1) is 19.2. The van der Waals surface area contributed by atoms with Crippen LogP contribution < -0.4 is 5.32 Å². The van der Waals surface area contributed by atoms with Crippen molar-refractivity contribution in [1.29, 1.82) is 0 Å². The average Bonchev–Trinajstić information content (AvgIpc) is 3.21. The fourth-order valence-corrected chi connectivity index (χ4v) is 3.41. The molecule has 2 aromatic heterocycles. The largest absolute Gasteiger partial charge is 0.464 e. The second kappa shape index (κ2) is 7.57. The monoisotopic (exact) mass is 376 g/mol. The molecule has 0 unspecified atom stereocenters. The minimum atomic E-state index is -0.781. The molecule has 0 saturated carbocycles. The third-order valence-electron chi connectivity index (χ3n) is 4.86. The van der Waals surface area contributed by atoms with Crippen LogP contribution in [-0.2, 0) is 18.3 Å². The summed E-state index contributed by atoms with van der Waals surface area (Å²) < 4.78 is 7.04. The maximum absolute atomic E-state index is 13.0. The molecule has 1 N–H and O–H groups in total. The van der Waals surface area contributed by atoms with Crippen molar-refractivity contribution in [2.75, 3.05) is 6.54 Å². The normalized spacial score (nSPS) is 10.6. The lowest BCUT2D eigenvalue weighted by Crippen LogP contribution is -2.31. The van der Waals surface area contributed by atoms with E-state index in [1.165, 1.54) is 0 Å². The second-order valence-corrected chi connectivity index (χ2v) is 6.60. The topological polar surface area (TPSA) is 81.3 Å². The van der Waals surface area contributed by atoms with E-state index in [2.05, 4.69) is 11.2 Å². The van der Waals surface area contributed by atoms with Gasteiger partial charge in [-0.3, -0.25) is 14.4 Å². The molecule has 0 radical (unpaired) electrons. The Morgan fingerprint density at radius 2 is 1.96 bits per heavy atom. The van der Waals surface area contributed by atoms with Gasteiger partial charge in [-0.15, -0.1) is 6.42 Å². The van der Waals surface area contributed by atoms with Crippen molar-refractivity contribution in [3.05, 3.63) is 58.6 Å². The summed E-state index contributed by atoms with van der Waals surface area (Å²) in [5.41, 5.74) is 3.22. The van der Waals surface area contributed by atoms with Crippen molar-refractivity contribution >= 4 is 28.4 Å². The predicted molar refractivity (Wildman–Crippen MR) is 105 cm³/mol. The highest BCUT2D eigenvalue weighted by Crippen LogP contribution is 2.24. The first-order valence-corrected chi connectivity index (χ1v) is 8.76. The molecule has 1 amide bonds. The van der Waals surface area contributed by atoms with E-state index < -0.39 is 11.7 Å². The van der Waals surface area contributed by atoms with E-state index in [1.807, 2.05) is 24.3 Å². The zero-order valence-electron chi connectivity index (χ0n) is 16.0. The number of benzene rings is 1. The van der Waals surface area contributed by atoms with Crippen molar-refractivity contribution in [3.63, 3.8) is 0 Å². The van der Waals surface area contributed by atoms with Crippen LogP contribution in [0.2, 0.25) is 0 Å². The summed E-state index contributed by atoms with van der Waals surface area (Å²) in [5.74, 6) is 0.636. The van der Waals surface area contributed by atoms with Gasteiger partial charge in [0.25, 0.3) is 11.7 Å². The maximum atomic E-state index is 13.0. The van der Waals surface area contributed by atoms with Gasteiger partial charge < -0.3 is 14.3 Å². The molecule has 0 spiro atoms. The molecule has 1 aromatic carbocycles. The lowest BCUT2D eigenvalue weighted by Gasteiger charge is -2.06. The first-order chi connectivity index (χ1) is 13.3. The fraction of sp³-hybridized carbons (Fsp3) is 0.227. The lowest BCUT2D eigenvalue weighted by molar-refractivity contribution is -0.116. The molecule has 28 heavy (non-hydrogen) atoms. The highest BCUT2D eigenvalue weighted by atomic mass is 16.3. The summed E-state index contributed by atoms with van der Waals surface area (Å²) in [6.45, 7) is 3.36. The second-order valence-electron chi connectivity index (χ2n) is 6.60. The Balaban J connectivity index is 1.91. The third-order valence-corrected chi connectivity index (χ3v) is 4.86. The molecule has 0 aliphatic carbocycles. The van der Waals surface area contributed by atoms with E-state index in [1.54, 1.807) is 31.7 Å². The van der Waals surface area contributed by atoms with Gasteiger partial charge in [0.15, 0.2) is 5.78 Å². The van der Waals surface area contributed by atoms with Crippen molar-refractivity contribution in [1.82, 2.24) is 9.88 Å². The molecule has 0 saturated heterocycles. The molecule has 3 aromatic rings. The molecular weight excluding hydrogens is 356 g/mol. The zero-order chi connectivity index (χ0) is 20.4. The van der Waals surface area contributed by atoms with E-state index >= 15 is 0 Å². The Bertz CT molecular complexity index is 1140. The van der Waals surface area contributed by atoms with Crippen molar-refractivity contribution in [2.24, 2.45) is 7.05 Å². The van der Waals surface area contributed by atoms with Crippen molar-refractivity contribution < 1.29 is 18.8 Å². The quantitative estimate of drug-likeness (QED) is 0.407. The molecule has 0 aliphatic heterocycles. The highest BCUT2D eigenvalue weighted by Gasteiger charge is 2.28. The number of carbonyl (C=O) groups excluding carboxylic acids is 3. The summed E-state index contributed by atoms with van der Waals surface area (Å²) in [4.78, 5) is 37.5. The number of carbonyl (C=O) groups is 3. The third kappa shape index (κ3) is 3.35. The Morgan fingerprint density at radius 3 is 2.68 bits per heavy atom. The van der Waals surface area contributed by atoms with Crippen molar-refractivity contribution in [3.8, 4) is 12.3 Å². The van der Waals surface area contributed by atoms with Gasteiger partial charge >= 0.3 is 0 Å². The molecule has 142 valence electrons. The van der Waals surface area contributed by atoms with Crippen LogP contribution in [0.4, 0.5) is 0 Å². The number of nitrogens with one attached hydrogen (secondary N) is 1. The molecule has 2 heterocycles. The lowest BCUT2D eigenvalue weighted by atomic mass is 10.0. The molecule has 6 nitrogen and oxygen atoms in total. The number of terminal acetylenes is 1. The van der Waals surface area contributed by atoms with Crippen LogP contribution >= 0.6 is 0 Å². The molecule has 3 rings (SSSR count). The maximum Gasteiger partial charge on any atom is 0.293 e. The highest BCUT2D eigenvalue weighted by molar-refractivity contribution is 6.43. The average molecular weight is 376 g/mol. The number of hydrogen-bond donors (Lipinski definition) is 1. The summed E-state index contributed by atoms with van der Waals surface area (Å²) in [7, 11) is 1.71. The van der Waals surface area contributed by atoms with Gasteiger partial charge in [0.1, 0.15) is 5.58 Å². The minimum Gasteiger partial charge on any atom is -0.464 e. The Hall–Kier alpha value is -3.59. The van der Waals surface area contributed by atoms with Gasteiger partial charge in [-0.1, -0.05) is 18.1 Å². The number of ketones is 2. The van der Waals surface area contributed by atoms with Crippen LogP contribution in [0.3, 0.4) is 0 Å². The Labute approximate surface area is 162 Å². The van der Waals surface area contributed by atoms with Crippen LogP contribution in [0.25, 0.3) is 11.0 Å². The van der Waals surface area contributed by atoms with Gasteiger partial charge in [-0.05, 0) is 37.1 Å². The van der Waals surface area contributed by atoms with Crippen LogP contribution in [0, 0.1) is 26.2 Å². The number of hydrogen-bond acceptors (Lipinski definition) is 4. The molecular formula is C22H20N2O4. The number of nitrogens with zero attached hydrogens (tertiary/aromatic N) is 1. The van der Waals surface area contributed by atoms with Crippen molar-refractivity contribution in [2.45, 2.75) is 20.3 Å². The first-order valence-electron chi connectivity index (χ1n) is 8.76. The number of amides is 1. The van der Waals surface area contributed by atoms with E-state index in [9.17, 15) is 14.4 Å². The minimum absolute atomic E-state index is 0.0312. The smallest absolute Gasteiger partial charge is 0.293 e. The number of furan rings is 1. The summed E-state index contributed by atoms with van der Waals surface area (Å²) >= 11 is 0. The number of fused-ring (bicyclic) bond motifs is 1.